The van der Waals surface area contributed by atoms with Crippen LogP contribution < -0.4 is 10.2 Å². The Kier molecular flexibility index (Phi) is 4.35. The lowest BCUT2D eigenvalue weighted by Gasteiger charge is -2.21. The van der Waals surface area contributed by atoms with Gasteiger partial charge in [0.05, 0.1) is 23.1 Å². The second-order valence-electron chi connectivity index (χ2n) is 8.46. The maximum Gasteiger partial charge on any atom is 0.257 e. The lowest BCUT2D eigenvalue weighted by atomic mass is 9.82. The normalized spacial score (nSPS) is 26.7. The van der Waals surface area contributed by atoms with Gasteiger partial charge in [0.2, 0.25) is 11.8 Å². The molecule has 2 bridgehead atoms. The number of rotatable bonds is 4. The molecule has 5 heteroatoms. The molecule has 1 aliphatic heterocycles. The molecule has 4 atom stereocenters. The highest BCUT2D eigenvalue weighted by Crippen LogP contribution is 2.56. The topological polar surface area (TPSA) is 66.5 Å². The Labute approximate surface area is 175 Å². The van der Waals surface area contributed by atoms with Crippen LogP contribution in [0.4, 0.5) is 11.4 Å². The van der Waals surface area contributed by atoms with Crippen LogP contribution in [0.1, 0.15) is 36.2 Å². The van der Waals surface area contributed by atoms with Crippen molar-refractivity contribution in [3.63, 3.8) is 0 Å². The van der Waals surface area contributed by atoms with Crippen molar-refractivity contribution in [3.8, 4) is 0 Å². The van der Waals surface area contributed by atoms with Crippen molar-refractivity contribution in [1.82, 2.24) is 0 Å². The Bertz CT molecular complexity index is 1100. The van der Waals surface area contributed by atoms with Gasteiger partial charge < -0.3 is 5.32 Å². The van der Waals surface area contributed by atoms with Crippen LogP contribution >= 0.6 is 0 Å². The van der Waals surface area contributed by atoms with E-state index in [2.05, 4.69) is 11.4 Å². The molecule has 2 aliphatic carbocycles. The molecular formula is C25H24N2O3. The van der Waals surface area contributed by atoms with Gasteiger partial charge in [-0.3, -0.25) is 14.4 Å². The summed E-state index contributed by atoms with van der Waals surface area (Å²) in [6.07, 6.45) is 3.84. The number of nitrogens with zero attached hydrogens (tertiary/aromatic N) is 1. The predicted molar refractivity (Wildman–Crippen MR) is 115 cm³/mol. The molecule has 2 fully saturated rings. The highest BCUT2D eigenvalue weighted by molar-refractivity contribution is 6.25. The number of carbonyl (C=O) groups is 3. The largest absolute Gasteiger partial charge is 0.322 e. The van der Waals surface area contributed by atoms with Gasteiger partial charge in [-0.15, -0.1) is 0 Å². The van der Waals surface area contributed by atoms with E-state index in [1.807, 2.05) is 38.1 Å². The van der Waals surface area contributed by atoms with Crippen molar-refractivity contribution in [2.24, 2.45) is 23.7 Å². The van der Waals surface area contributed by atoms with Crippen molar-refractivity contribution in [3.05, 3.63) is 71.3 Å². The first-order valence-corrected chi connectivity index (χ1v) is 10.6. The zero-order valence-corrected chi connectivity index (χ0v) is 17.1. The minimum absolute atomic E-state index is 0.138. The number of amides is 3. The van der Waals surface area contributed by atoms with E-state index in [4.69, 9.17) is 0 Å². The maximum atomic E-state index is 13.3. The van der Waals surface area contributed by atoms with Gasteiger partial charge in [-0.25, -0.2) is 4.90 Å². The molecule has 1 heterocycles. The van der Waals surface area contributed by atoms with Gasteiger partial charge in [0.1, 0.15) is 0 Å². The number of hydrogen-bond donors (Lipinski definition) is 1. The van der Waals surface area contributed by atoms with Crippen LogP contribution in [0.15, 0.2) is 60.2 Å². The van der Waals surface area contributed by atoms with Crippen LogP contribution in [-0.2, 0) is 16.0 Å². The molecular weight excluding hydrogens is 376 g/mol. The molecule has 2 aromatic carbocycles. The van der Waals surface area contributed by atoms with E-state index in [0.717, 1.165) is 24.1 Å². The van der Waals surface area contributed by atoms with Crippen molar-refractivity contribution in [2.45, 2.75) is 26.7 Å². The summed E-state index contributed by atoms with van der Waals surface area (Å²) in [6.45, 7) is 4.08. The highest BCUT2D eigenvalue weighted by atomic mass is 16.2. The van der Waals surface area contributed by atoms with Crippen molar-refractivity contribution >= 4 is 29.1 Å². The van der Waals surface area contributed by atoms with E-state index in [1.54, 1.807) is 24.3 Å². The number of benzene rings is 2. The molecule has 1 saturated carbocycles. The molecule has 1 N–H and O–H groups in total. The van der Waals surface area contributed by atoms with E-state index in [1.165, 1.54) is 10.5 Å². The minimum atomic E-state index is -0.318. The predicted octanol–water partition coefficient (Wildman–Crippen LogP) is 4.20. The van der Waals surface area contributed by atoms with Gasteiger partial charge in [-0.05, 0) is 55.4 Å². The quantitative estimate of drug-likeness (QED) is 0.618. The van der Waals surface area contributed by atoms with Crippen LogP contribution in [0, 0.1) is 23.7 Å². The Balaban J connectivity index is 1.48. The van der Waals surface area contributed by atoms with Crippen LogP contribution in [0.25, 0.3) is 0 Å². The molecule has 0 unspecified atom stereocenters. The molecule has 30 heavy (non-hydrogen) atoms. The highest BCUT2D eigenvalue weighted by Gasteiger charge is 2.61. The number of anilines is 2. The summed E-state index contributed by atoms with van der Waals surface area (Å²) >= 11 is 0. The van der Waals surface area contributed by atoms with Gasteiger partial charge in [-0.2, -0.15) is 0 Å². The Morgan fingerprint density at radius 1 is 1.03 bits per heavy atom. The fraction of sp³-hybridized carbons (Fsp3) is 0.320. The number of aryl methyl sites for hydroxylation is 1. The van der Waals surface area contributed by atoms with Crippen LogP contribution in [-0.4, -0.2) is 17.7 Å². The lowest BCUT2D eigenvalue weighted by Crippen LogP contribution is -2.34. The number of fused-ring (bicyclic) bond motifs is 5. The smallest absolute Gasteiger partial charge is 0.257 e. The van der Waals surface area contributed by atoms with Gasteiger partial charge in [0, 0.05) is 5.69 Å². The van der Waals surface area contributed by atoms with E-state index < -0.39 is 0 Å². The standard InChI is InChI=1S/C25H24N2O3/c1-3-15-8-4-6-10-19(15)26-23(28)17-9-5-7-11-20(17)27-24(29)21-16-12-14(2)18(13-16)22(21)25(27)30/h4-12,16,18,21-22H,3,13H2,1-2H3,(H,26,28)/t16-,18+,21+,22+/m1/s1. The number of carbonyl (C=O) groups excluding carboxylic acids is 3. The number of allylic oxidation sites excluding steroid dienone is 2. The third kappa shape index (κ3) is 2.65. The Morgan fingerprint density at radius 3 is 2.53 bits per heavy atom. The summed E-state index contributed by atoms with van der Waals surface area (Å²) in [5.41, 5.74) is 3.71. The molecule has 0 spiro atoms. The second kappa shape index (κ2) is 6.94. The first kappa shape index (κ1) is 18.8. The molecule has 1 saturated heterocycles. The number of imide groups is 1. The summed E-state index contributed by atoms with van der Waals surface area (Å²) in [7, 11) is 0. The Morgan fingerprint density at radius 2 is 1.73 bits per heavy atom. The molecule has 5 rings (SSSR count). The first-order valence-electron chi connectivity index (χ1n) is 10.6. The SMILES string of the molecule is CCc1ccccc1NC(=O)c1ccccc1N1C(=O)[C@@H]2[C@@H](C1=O)[C@H]1C[C@H]2C=C1C. The molecule has 2 aromatic rings. The fourth-order valence-electron chi connectivity index (χ4n) is 5.51. The number of hydrogen-bond acceptors (Lipinski definition) is 3. The van der Waals surface area contributed by atoms with Gasteiger partial charge in [0.15, 0.2) is 0 Å². The van der Waals surface area contributed by atoms with Crippen molar-refractivity contribution in [2.75, 3.05) is 10.2 Å². The Hall–Kier alpha value is -3.21. The summed E-state index contributed by atoms with van der Waals surface area (Å²) in [6, 6.07) is 14.5. The van der Waals surface area contributed by atoms with E-state index in [0.29, 0.717) is 11.3 Å². The summed E-state index contributed by atoms with van der Waals surface area (Å²) < 4.78 is 0. The van der Waals surface area contributed by atoms with E-state index in [9.17, 15) is 14.4 Å². The molecule has 0 aromatic heterocycles. The minimum Gasteiger partial charge on any atom is -0.322 e. The first-order chi connectivity index (χ1) is 14.5. The molecule has 3 aliphatic rings. The fourth-order valence-corrected chi connectivity index (χ4v) is 5.51. The van der Waals surface area contributed by atoms with Gasteiger partial charge in [-0.1, -0.05) is 48.9 Å². The van der Waals surface area contributed by atoms with Crippen LogP contribution in [0.2, 0.25) is 0 Å². The summed E-state index contributed by atoms with van der Waals surface area (Å²) in [5.74, 6) is -0.943. The third-order valence-corrected chi connectivity index (χ3v) is 6.92. The van der Waals surface area contributed by atoms with E-state index >= 15 is 0 Å². The third-order valence-electron chi connectivity index (χ3n) is 6.92. The average molecular weight is 400 g/mol. The second-order valence-corrected chi connectivity index (χ2v) is 8.46. The van der Waals surface area contributed by atoms with Crippen molar-refractivity contribution < 1.29 is 14.4 Å². The molecule has 5 nitrogen and oxygen atoms in total. The van der Waals surface area contributed by atoms with Crippen LogP contribution in [0.5, 0.6) is 0 Å². The number of para-hydroxylation sites is 2. The summed E-state index contributed by atoms with van der Waals surface area (Å²) in [4.78, 5) is 41.0. The molecule has 152 valence electrons. The van der Waals surface area contributed by atoms with Crippen LogP contribution in [0.3, 0.4) is 0 Å². The average Bonchev–Trinajstić information content (AvgIpc) is 3.39. The summed E-state index contributed by atoms with van der Waals surface area (Å²) in [5, 5.41) is 2.96. The molecule has 3 amide bonds. The molecule has 0 radical (unpaired) electrons. The van der Waals surface area contributed by atoms with Gasteiger partial charge >= 0.3 is 0 Å². The zero-order chi connectivity index (χ0) is 21.0. The maximum absolute atomic E-state index is 13.3. The monoisotopic (exact) mass is 400 g/mol. The van der Waals surface area contributed by atoms with Crippen molar-refractivity contribution in [1.29, 1.82) is 0 Å². The lowest BCUT2D eigenvalue weighted by molar-refractivity contribution is -0.123. The van der Waals surface area contributed by atoms with E-state index in [-0.39, 0.29) is 41.4 Å². The zero-order valence-electron chi connectivity index (χ0n) is 17.1. The number of nitrogens with one attached hydrogen (secondary N) is 1. The van der Waals surface area contributed by atoms with Gasteiger partial charge in [0.25, 0.3) is 5.91 Å².